The van der Waals surface area contributed by atoms with Crippen molar-refractivity contribution in [2.75, 3.05) is 0 Å². The molecule has 5 nitrogen and oxygen atoms in total. The first-order valence-electron chi connectivity index (χ1n) is 16.1. The minimum Gasteiger partial charge on any atom is -0.456 e. The Labute approximate surface area is 282 Å². The number of pyridine rings is 1. The molecule has 0 aliphatic rings. The van der Waals surface area contributed by atoms with Gasteiger partial charge in [0.15, 0.2) is 0 Å². The molecule has 0 bridgehead atoms. The van der Waals surface area contributed by atoms with Gasteiger partial charge >= 0.3 is 0 Å². The van der Waals surface area contributed by atoms with Gasteiger partial charge in [0, 0.05) is 33.0 Å². The first kappa shape index (κ1) is 28.3. The highest BCUT2D eigenvalue weighted by Crippen LogP contribution is 2.37. The van der Waals surface area contributed by atoms with Gasteiger partial charge in [-0.25, -0.2) is 15.0 Å². The zero-order valence-electron chi connectivity index (χ0n) is 26.2. The summed E-state index contributed by atoms with van der Waals surface area (Å²) in [5.74, 6) is 0. The first-order chi connectivity index (χ1) is 24.2. The number of para-hydroxylation sites is 3. The lowest BCUT2D eigenvalue weighted by atomic mass is 9.97. The van der Waals surface area contributed by atoms with Crippen molar-refractivity contribution < 1.29 is 4.42 Å². The van der Waals surface area contributed by atoms with Crippen LogP contribution < -0.4 is 0 Å². The van der Waals surface area contributed by atoms with Crippen molar-refractivity contribution in [3.63, 3.8) is 0 Å². The Balaban J connectivity index is 1.19. The number of nitriles is 1. The third kappa shape index (κ3) is 5.18. The molecule has 0 amide bonds. The Bertz CT molecular complexity index is 2720. The molecule has 3 aromatic heterocycles. The van der Waals surface area contributed by atoms with E-state index in [2.05, 4.69) is 72.8 Å². The van der Waals surface area contributed by atoms with E-state index in [-0.39, 0.29) is 0 Å². The van der Waals surface area contributed by atoms with E-state index in [0.717, 1.165) is 83.4 Å². The van der Waals surface area contributed by atoms with Gasteiger partial charge in [-0.15, -0.1) is 0 Å². The van der Waals surface area contributed by atoms with Crippen LogP contribution in [0.25, 0.3) is 89.1 Å². The third-order valence-electron chi connectivity index (χ3n) is 8.89. The molecule has 0 unspecified atom stereocenters. The summed E-state index contributed by atoms with van der Waals surface area (Å²) in [6, 6.07) is 55.0. The number of nitrogens with zero attached hydrogens (tertiary/aromatic N) is 4. The summed E-state index contributed by atoms with van der Waals surface area (Å²) in [5, 5.41) is 11.9. The second-order valence-corrected chi connectivity index (χ2v) is 12.0. The Morgan fingerprint density at radius 3 is 1.76 bits per heavy atom. The van der Waals surface area contributed by atoms with Crippen LogP contribution in [0.5, 0.6) is 0 Å². The molecule has 0 aliphatic heterocycles. The molecule has 0 N–H and O–H groups in total. The molecule has 0 fully saturated rings. The lowest BCUT2D eigenvalue weighted by molar-refractivity contribution is 0.669. The molecule has 9 rings (SSSR count). The molecule has 228 valence electrons. The summed E-state index contributed by atoms with van der Waals surface area (Å²) in [4.78, 5) is 15.4. The molecule has 9 aromatic rings. The molecule has 49 heavy (non-hydrogen) atoms. The van der Waals surface area contributed by atoms with Crippen LogP contribution in [0.2, 0.25) is 0 Å². The standard InChI is InChI=1S/C44H26N4O/c45-27-28-9-8-12-33(23-28)43-44(48-38-15-6-5-14-37(38)47-43)34-25-39(30-10-2-1-3-11-30)46-40(26-34)31-19-17-29(18-20-31)32-21-22-42-36(24-32)35-13-4-7-16-41(35)49-42/h1-26H. The van der Waals surface area contributed by atoms with Gasteiger partial charge in [-0.05, 0) is 65.7 Å². The van der Waals surface area contributed by atoms with Gasteiger partial charge in [0.1, 0.15) is 11.2 Å². The molecular weight excluding hydrogens is 601 g/mol. The molecule has 0 saturated carbocycles. The van der Waals surface area contributed by atoms with Crippen LogP contribution in [0, 0.1) is 11.3 Å². The van der Waals surface area contributed by atoms with Gasteiger partial charge in [-0.2, -0.15) is 5.26 Å². The summed E-state index contributed by atoms with van der Waals surface area (Å²) in [5.41, 5.74) is 13.0. The monoisotopic (exact) mass is 626 g/mol. The van der Waals surface area contributed by atoms with Gasteiger partial charge in [0.25, 0.3) is 0 Å². The SMILES string of the molecule is N#Cc1cccc(-c2nc3ccccc3nc2-c2cc(-c3ccccc3)nc(-c3ccc(-c4ccc5oc6ccccc6c5c4)cc3)c2)c1. The van der Waals surface area contributed by atoms with E-state index < -0.39 is 0 Å². The smallest absolute Gasteiger partial charge is 0.135 e. The molecule has 0 saturated heterocycles. The topological polar surface area (TPSA) is 75.6 Å². The fourth-order valence-corrected chi connectivity index (χ4v) is 6.45. The zero-order valence-corrected chi connectivity index (χ0v) is 26.2. The van der Waals surface area contributed by atoms with Crippen molar-refractivity contribution >= 4 is 33.0 Å². The second kappa shape index (κ2) is 11.7. The van der Waals surface area contributed by atoms with Crippen LogP contribution in [-0.4, -0.2) is 15.0 Å². The molecule has 0 spiro atoms. The number of aromatic nitrogens is 3. The molecule has 3 heterocycles. The van der Waals surface area contributed by atoms with E-state index in [9.17, 15) is 5.26 Å². The summed E-state index contributed by atoms with van der Waals surface area (Å²) in [6.07, 6.45) is 0. The van der Waals surface area contributed by atoms with Crippen LogP contribution in [0.15, 0.2) is 162 Å². The van der Waals surface area contributed by atoms with E-state index >= 15 is 0 Å². The Morgan fingerprint density at radius 2 is 1.00 bits per heavy atom. The van der Waals surface area contributed by atoms with Crippen LogP contribution in [0.3, 0.4) is 0 Å². The molecule has 0 atom stereocenters. The Hall–Kier alpha value is -6.90. The van der Waals surface area contributed by atoms with Crippen LogP contribution in [-0.2, 0) is 0 Å². The summed E-state index contributed by atoms with van der Waals surface area (Å²) < 4.78 is 6.06. The van der Waals surface area contributed by atoms with E-state index in [4.69, 9.17) is 19.4 Å². The normalized spacial score (nSPS) is 11.2. The van der Waals surface area contributed by atoms with E-state index in [1.54, 1.807) is 6.07 Å². The van der Waals surface area contributed by atoms with Crippen molar-refractivity contribution in [2.24, 2.45) is 0 Å². The van der Waals surface area contributed by atoms with Crippen molar-refractivity contribution in [1.82, 2.24) is 15.0 Å². The largest absolute Gasteiger partial charge is 0.456 e. The van der Waals surface area contributed by atoms with E-state index in [1.807, 2.05) is 84.9 Å². The predicted octanol–water partition coefficient (Wildman–Crippen LogP) is 11.1. The van der Waals surface area contributed by atoms with Gasteiger partial charge < -0.3 is 4.42 Å². The van der Waals surface area contributed by atoms with E-state index in [0.29, 0.717) is 11.3 Å². The van der Waals surface area contributed by atoms with Crippen LogP contribution in [0.4, 0.5) is 0 Å². The first-order valence-corrected chi connectivity index (χ1v) is 16.1. The summed E-state index contributed by atoms with van der Waals surface area (Å²) >= 11 is 0. The van der Waals surface area contributed by atoms with Gasteiger partial charge in [-0.3, -0.25) is 0 Å². The molecular formula is C44H26N4O. The lowest BCUT2D eigenvalue weighted by Crippen LogP contribution is -1.98. The summed E-state index contributed by atoms with van der Waals surface area (Å²) in [6.45, 7) is 0. The van der Waals surface area contributed by atoms with Gasteiger partial charge in [0.2, 0.25) is 0 Å². The number of fused-ring (bicyclic) bond motifs is 4. The number of rotatable bonds is 5. The maximum Gasteiger partial charge on any atom is 0.135 e. The fraction of sp³-hybridized carbons (Fsp3) is 0. The van der Waals surface area contributed by atoms with Crippen molar-refractivity contribution in [3.8, 4) is 62.2 Å². The highest BCUT2D eigenvalue weighted by atomic mass is 16.3. The zero-order chi connectivity index (χ0) is 32.7. The molecule has 6 aromatic carbocycles. The van der Waals surface area contributed by atoms with Gasteiger partial charge in [-0.1, -0.05) is 103 Å². The average molecular weight is 627 g/mol. The molecule has 0 aliphatic carbocycles. The quantitative estimate of drug-likeness (QED) is 0.190. The molecule has 5 heteroatoms. The fourth-order valence-electron chi connectivity index (χ4n) is 6.45. The van der Waals surface area contributed by atoms with Crippen molar-refractivity contribution in [2.45, 2.75) is 0 Å². The number of furan rings is 1. The van der Waals surface area contributed by atoms with Crippen molar-refractivity contribution in [3.05, 3.63) is 163 Å². The maximum atomic E-state index is 9.66. The maximum absolute atomic E-state index is 9.66. The third-order valence-corrected chi connectivity index (χ3v) is 8.89. The average Bonchev–Trinajstić information content (AvgIpc) is 3.56. The lowest BCUT2D eigenvalue weighted by Gasteiger charge is -2.14. The Morgan fingerprint density at radius 1 is 0.408 bits per heavy atom. The Kier molecular flexibility index (Phi) is 6.78. The van der Waals surface area contributed by atoms with Crippen LogP contribution in [0.1, 0.15) is 5.56 Å². The highest BCUT2D eigenvalue weighted by molar-refractivity contribution is 6.06. The highest BCUT2D eigenvalue weighted by Gasteiger charge is 2.17. The number of benzene rings is 6. The van der Waals surface area contributed by atoms with E-state index in [1.165, 1.54) is 0 Å². The summed E-state index contributed by atoms with van der Waals surface area (Å²) in [7, 11) is 0. The molecule has 0 radical (unpaired) electrons. The van der Waals surface area contributed by atoms with Crippen molar-refractivity contribution in [1.29, 1.82) is 5.26 Å². The minimum atomic E-state index is 0.569. The second-order valence-electron chi connectivity index (χ2n) is 12.0. The van der Waals surface area contributed by atoms with Crippen LogP contribution >= 0.6 is 0 Å². The predicted molar refractivity (Wildman–Crippen MR) is 197 cm³/mol. The minimum absolute atomic E-state index is 0.569. The van der Waals surface area contributed by atoms with Gasteiger partial charge in [0.05, 0.1) is 45.4 Å². The number of hydrogen-bond donors (Lipinski definition) is 0. The number of hydrogen-bond acceptors (Lipinski definition) is 5.